The Bertz CT molecular complexity index is 885. The van der Waals surface area contributed by atoms with E-state index in [2.05, 4.69) is 10.2 Å². The molecule has 1 aromatic rings. The van der Waals surface area contributed by atoms with Gasteiger partial charge in [0.05, 0.1) is 11.8 Å². The van der Waals surface area contributed by atoms with Crippen molar-refractivity contribution in [3.05, 3.63) is 24.3 Å². The monoisotopic (exact) mass is 455 g/mol. The number of nitrogens with zero attached hydrogens (tertiary/aromatic N) is 2. The van der Waals surface area contributed by atoms with Crippen molar-refractivity contribution in [2.45, 2.75) is 70.9 Å². The number of carbonyl (C=O) groups is 4. The van der Waals surface area contributed by atoms with E-state index in [-0.39, 0.29) is 23.7 Å². The lowest BCUT2D eigenvalue weighted by atomic mass is 9.81. The number of fused-ring (bicyclic) bond motifs is 1. The molecule has 1 aromatic carbocycles. The fraction of sp³-hybridized carbons (Fsp3) is 0.600. The Morgan fingerprint density at radius 1 is 0.909 bits per heavy atom. The van der Waals surface area contributed by atoms with Gasteiger partial charge in [0.15, 0.2) is 6.10 Å². The van der Waals surface area contributed by atoms with Crippen LogP contribution in [0.2, 0.25) is 0 Å². The number of likely N-dealkylation sites (tertiary alicyclic amines) is 1. The fourth-order valence-electron chi connectivity index (χ4n) is 5.15. The number of anilines is 2. The van der Waals surface area contributed by atoms with E-state index in [1.165, 1.54) is 33.1 Å². The lowest BCUT2D eigenvalue weighted by Gasteiger charge is -2.28. The molecule has 33 heavy (non-hydrogen) atoms. The zero-order chi connectivity index (χ0) is 23.5. The molecule has 2 aliphatic heterocycles. The third-order valence-corrected chi connectivity index (χ3v) is 7.12. The van der Waals surface area contributed by atoms with Gasteiger partial charge in [-0.1, -0.05) is 12.8 Å². The molecule has 4 rings (SSSR count). The quantitative estimate of drug-likeness (QED) is 0.523. The van der Waals surface area contributed by atoms with E-state index in [1.54, 1.807) is 0 Å². The first-order valence-corrected chi connectivity index (χ1v) is 12.1. The summed E-state index contributed by atoms with van der Waals surface area (Å²) in [5, 5.41) is 2.76. The topological polar surface area (TPSA) is 96.0 Å². The number of benzene rings is 1. The normalized spacial score (nSPS) is 24.8. The first-order chi connectivity index (χ1) is 15.9. The number of carbonyl (C=O) groups excluding carboxylic acids is 4. The second kappa shape index (κ2) is 9.93. The Morgan fingerprint density at radius 3 is 2.06 bits per heavy atom. The second-order valence-electron chi connectivity index (χ2n) is 9.38. The molecule has 0 radical (unpaired) electrons. The van der Waals surface area contributed by atoms with Gasteiger partial charge in [-0.2, -0.15) is 0 Å². The molecule has 178 valence electrons. The molecule has 1 saturated carbocycles. The van der Waals surface area contributed by atoms with Crippen molar-refractivity contribution in [2.75, 3.05) is 23.3 Å². The summed E-state index contributed by atoms with van der Waals surface area (Å²) in [5.41, 5.74) is 1.74. The van der Waals surface area contributed by atoms with Crippen LogP contribution < -0.4 is 10.2 Å². The Morgan fingerprint density at radius 2 is 1.48 bits per heavy atom. The van der Waals surface area contributed by atoms with Crippen LogP contribution in [-0.4, -0.2) is 53.8 Å². The summed E-state index contributed by atoms with van der Waals surface area (Å²) < 4.78 is 5.32. The van der Waals surface area contributed by atoms with Crippen LogP contribution in [0.3, 0.4) is 0 Å². The molecule has 3 fully saturated rings. The van der Waals surface area contributed by atoms with E-state index >= 15 is 0 Å². The molecule has 0 unspecified atom stereocenters. The molecule has 3 amide bonds. The van der Waals surface area contributed by atoms with Gasteiger partial charge in [-0.15, -0.1) is 0 Å². The van der Waals surface area contributed by atoms with E-state index in [9.17, 15) is 19.2 Å². The van der Waals surface area contributed by atoms with Crippen molar-refractivity contribution in [1.82, 2.24) is 4.90 Å². The first-order valence-electron chi connectivity index (χ1n) is 12.1. The van der Waals surface area contributed by atoms with Gasteiger partial charge in [0, 0.05) is 24.5 Å². The molecule has 1 N–H and O–H groups in total. The van der Waals surface area contributed by atoms with Crippen LogP contribution in [0.25, 0.3) is 0 Å². The van der Waals surface area contributed by atoms with Crippen molar-refractivity contribution < 1.29 is 23.9 Å². The third-order valence-electron chi connectivity index (χ3n) is 7.12. The second-order valence-corrected chi connectivity index (χ2v) is 9.38. The Balaban J connectivity index is 1.31. The van der Waals surface area contributed by atoms with Gasteiger partial charge in [-0.05, 0) is 70.2 Å². The summed E-state index contributed by atoms with van der Waals surface area (Å²) >= 11 is 0. The average molecular weight is 456 g/mol. The molecule has 0 bridgehead atoms. The number of amides is 3. The smallest absolute Gasteiger partial charge is 0.329 e. The molecule has 3 aliphatic rings. The van der Waals surface area contributed by atoms with Gasteiger partial charge < -0.3 is 15.0 Å². The summed E-state index contributed by atoms with van der Waals surface area (Å²) in [5.74, 6) is -2.45. The SMILES string of the molecule is C[C@H](OC(=O)[C@@H](C)N1C(=O)[C@H]2CCCC[C@H]2C1=O)C(=O)Nc1ccc(N2CCCCC2)cc1. The number of esters is 1. The number of nitrogens with one attached hydrogen (secondary N) is 1. The maximum absolute atomic E-state index is 12.7. The first kappa shape index (κ1) is 23.3. The Kier molecular flexibility index (Phi) is 7.00. The highest BCUT2D eigenvalue weighted by molar-refractivity contribution is 6.08. The van der Waals surface area contributed by atoms with Crippen LogP contribution in [0, 0.1) is 11.8 Å². The van der Waals surface area contributed by atoms with Crippen molar-refractivity contribution >= 4 is 35.1 Å². The number of ether oxygens (including phenoxy) is 1. The number of imide groups is 1. The van der Waals surface area contributed by atoms with Gasteiger partial charge >= 0.3 is 5.97 Å². The van der Waals surface area contributed by atoms with Gasteiger partial charge in [-0.25, -0.2) is 4.79 Å². The van der Waals surface area contributed by atoms with Crippen LogP contribution >= 0.6 is 0 Å². The molecule has 2 saturated heterocycles. The van der Waals surface area contributed by atoms with E-state index in [0.717, 1.165) is 36.5 Å². The predicted octanol–water partition coefficient (Wildman–Crippen LogP) is 3.11. The number of hydrogen-bond donors (Lipinski definition) is 1. The molecule has 8 nitrogen and oxygen atoms in total. The third kappa shape index (κ3) is 4.89. The summed E-state index contributed by atoms with van der Waals surface area (Å²) in [4.78, 5) is 54.0. The van der Waals surface area contributed by atoms with Crippen LogP contribution in [0.4, 0.5) is 11.4 Å². The van der Waals surface area contributed by atoms with Crippen LogP contribution in [0.5, 0.6) is 0 Å². The molecule has 4 atom stereocenters. The maximum atomic E-state index is 12.7. The van der Waals surface area contributed by atoms with Gasteiger partial charge in [-0.3, -0.25) is 19.3 Å². The summed E-state index contributed by atoms with van der Waals surface area (Å²) in [6.45, 7) is 5.05. The van der Waals surface area contributed by atoms with E-state index in [0.29, 0.717) is 18.5 Å². The minimum Gasteiger partial charge on any atom is -0.451 e. The number of hydrogen-bond acceptors (Lipinski definition) is 6. The van der Waals surface area contributed by atoms with Crippen molar-refractivity contribution in [1.29, 1.82) is 0 Å². The highest BCUT2D eigenvalue weighted by Gasteiger charge is 2.51. The average Bonchev–Trinajstić information content (AvgIpc) is 3.09. The van der Waals surface area contributed by atoms with E-state index < -0.39 is 24.0 Å². The van der Waals surface area contributed by atoms with Crippen LogP contribution in [0.15, 0.2) is 24.3 Å². The lowest BCUT2D eigenvalue weighted by Crippen LogP contribution is -2.46. The Hall–Kier alpha value is -2.90. The minimum atomic E-state index is -1.06. The summed E-state index contributed by atoms with van der Waals surface area (Å²) in [6.07, 6.45) is 5.79. The molecular formula is C25H33N3O5. The molecule has 0 aromatic heterocycles. The molecule has 8 heteroatoms. The highest BCUT2D eigenvalue weighted by atomic mass is 16.5. The zero-order valence-electron chi connectivity index (χ0n) is 19.4. The van der Waals surface area contributed by atoms with Crippen molar-refractivity contribution in [2.24, 2.45) is 11.8 Å². The predicted molar refractivity (Wildman–Crippen MR) is 123 cm³/mol. The zero-order valence-corrected chi connectivity index (χ0v) is 19.4. The maximum Gasteiger partial charge on any atom is 0.329 e. The molecule has 1 aliphatic carbocycles. The van der Waals surface area contributed by atoms with Crippen molar-refractivity contribution in [3.8, 4) is 0 Å². The highest BCUT2D eigenvalue weighted by Crippen LogP contribution is 2.39. The Labute approximate surface area is 194 Å². The lowest BCUT2D eigenvalue weighted by molar-refractivity contribution is -0.163. The number of piperidine rings is 1. The molecule has 2 heterocycles. The van der Waals surface area contributed by atoms with Crippen molar-refractivity contribution in [3.63, 3.8) is 0 Å². The van der Waals surface area contributed by atoms with Gasteiger partial charge in [0.1, 0.15) is 6.04 Å². The van der Waals surface area contributed by atoms with Gasteiger partial charge in [0.2, 0.25) is 11.8 Å². The standard InChI is InChI=1S/C25H33N3O5/c1-16(28-23(30)20-8-4-5-9-21(20)24(28)31)25(32)33-17(2)22(29)26-18-10-12-19(13-11-18)27-14-6-3-7-15-27/h10-13,16-17,20-21H,3-9,14-15H2,1-2H3,(H,26,29)/t16-,17+,20-,21+/m1/s1. The summed E-state index contributed by atoms with van der Waals surface area (Å²) in [7, 11) is 0. The fourth-order valence-corrected chi connectivity index (χ4v) is 5.15. The number of rotatable bonds is 6. The molecule has 0 spiro atoms. The van der Waals surface area contributed by atoms with Gasteiger partial charge in [0.25, 0.3) is 5.91 Å². The van der Waals surface area contributed by atoms with E-state index in [4.69, 9.17) is 4.74 Å². The van der Waals surface area contributed by atoms with E-state index in [1.807, 2.05) is 24.3 Å². The minimum absolute atomic E-state index is 0.292. The van der Waals surface area contributed by atoms with Crippen LogP contribution in [-0.2, 0) is 23.9 Å². The summed E-state index contributed by atoms with van der Waals surface area (Å²) in [6, 6.07) is 6.58. The van der Waals surface area contributed by atoms with Crippen LogP contribution in [0.1, 0.15) is 58.8 Å². The molecular weight excluding hydrogens is 422 g/mol. The largest absolute Gasteiger partial charge is 0.451 e.